The second kappa shape index (κ2) is 4.81. The summed E-state index contributed by atoms with van der Waals surface area (Å²) in [5.74, 6) is 0. The molecule has 3 N–H and O–H groups in total. The third-order valence-corrected chi connectivity index (χ3v) is 3.78. The lowest BCUT2D eigenvalue weighted by Crippen LogP contribution is -2.45. The molecule has 0 radical (unpaired) electrons. The van der Waals surface area contributed by atoms with E-state index in [4.69, 9.17) is 10.5 Å². The van der Waals surface area contributed by atoms with E-state index in [1.165, 1.54) is 32.1 Å². The van der Waals surface area contributed by atoms with Gasteiger partial charge in [-0.1, -0.05) is 6.42 Å². The Morgan fingerprint density at radius 1 is 1.40 bits per heavy atom. The van der Waals surface area contributed by atoms with Crippen molar-refractivity contribution in [2.24, 2.45) is 5.73 Å². The molecule has 1 saturated heterocycles. The molecular formula is C12H24N2O. The summed E-state index contributed by atoms with van der Waals surface area (Å²) in [5, 5.41) is 3.63. The summed E-state index contributed by atoms with van der Waals surface area (Å²) >= 11 is 0. The smallest absolute Gasteiger partial charge is 0.0779 e. The first-order valence-corrected chi connectivity index (χ1v) is 6.31. The molecule has 1 heterocycles. The van der Waals surface area contributed by atoms with Crippen LogP contribution in [0.4, 0.5) is 0 Å². The fraction of sp³-hybridized carbons (Fsp3) is 1.00. The molecule has 3 nitrogen and oxygen atoms in total. The number of hydrogen-bond donors (Lipinski definition) is 2. The van der Waals surface area contributed by atoms with Gasteiger partial charge in [0, 0.05) is 25.2 Å². The van der Waals surface area contributed by atoms with E-state index in [-0.39, 0.29) is 5.60 Å². The molecule has 0 aromatic heterocycles. The highest BCUT2D eigenvalue weighted by Gasteiger charge is 2.30. The fourth-order valence-corrected chi connectivity index (χ4v) is 2.75. The summed E-state index contributed by atoms with van der Waals surface area (Å²) in [5.41, 5.74) is 6.06. The second-order valence-electron chi connectivity index (χ2n) is 5.41. The van der Waals surface area contributed by atoms with E-state index in [2.05, 4.69) is 12.2 Å². The SMILES string of the molecule is CC1(CNC2CCCC(N)C2)CCCO1. The summed E-state index contributed by atoms with van der Waals surface area (Å²) in [6.45, 7) is 4.14. The zero-order valence-corrected chi connectivity index (χ0v) is 9.80. The standard InChI is InChI=1S/C12H24N2O/c1-12(6-3-7-15-12)9-14-11-5-2-4-10(13)8-11/h10-11,14H,2-9,13H2,1H3. The predicted octanol–water partition coefficient (Wildman–Crippen LogP) is 1.41. The molecule has 0 aromatic rings. The number of hydrogen-bond acceptors (Lipinski definition) is 3. The van der Waals surface area contributed by atoms with Crippen LogP contribution in [-0.2, 0) is 4.74 Å². The normalized spacial score (nSPS) is 42.0. The summed E-state index contributed by atoms with van der Waals surface area (Å²) in [6.07, 6.45) is 7.29. The lowest BCUT2D eigenvalue weighted by Gasteiger charge is -2.31. The molecule has 1 aliphatic heterocycles. The Bertz CT molecular complexity index is 202. The molecule has 0 spiro atoms. The minimum absolute atomic E-state index is 0.0849. The lowest BCUT2D eigenvalue weighted by atomic mass is 9.91. The molecule has 2 aliphatic rings. The van der Waals surface area contributed by atoms with Gasteiger partial charge in [-0.15, -0.1) is 0 Å². The van der Waals surface area contributed by atoms with Gasteiger partial charge < -0.3 is 15.8 Å². The first-order chi connectivity index (χ1) is 7.18. The minimum atomic E-state index is 0.0849. The van der Waals surface area contributed by atoms with E-state index in [9.17, 15) is 0 Å². The maximum absolute atomic E-state index is 5.97. The first kappa shape index (κ1) is 11.4. The van der Waals surface area contributed by atoms with Gasteiger partial charge in [0.1, 0.15) is 0 Å². The molecule has 0 amide bonds. The Morgan fingerprint density at radius 3 is 2.93 bits per heavy atom. The van der Waals surface area contributed by atoms with Crippen molar-refractivity contribution in [2.75, 3.05) is 13.2 Å². The van der Waals surface area contributed by atoms with Crippen molar-refractivity contribution in [1.29, 1.82) is 0 Å². The van der Waals surface area contributed by atoms with E-state index in [0.717, 1.165) is 19.6 Å². The Kier molecular flexibility index (Phi) is 3.65. The predicted molar refractivity (Wildman–Crippen MR) is 61.8 cm³/mol. The van der Waals surface area contributed by atoms with Crippen molar-refractivity contribution in [3.63, 3.8) is 0 Å². The van der Waals surface area contributed by atoms with Gasteiger partial charge >= 0.3 is 0 Å². The summed E-state index contributed by atoms with van der Waals surface area (Å²) in [7, 11) is 0. The van der Waals surface area contributed by atoms with Gasteiger partial charge in [0.15, 0.2) is 0 Å². The Hall–Kier alpha value is -0.120. The molecule has 0 aromatic carbocycles. The Morgan fingerprint density at radius 2 is 2.27 bits per heavy atom. The van der Waals surface area contributed by atoms with Gasteiger partial charge in [-0.05, 0) is 39.0 Å². The summed E-state index contributed by atoms with van der Waals surface area (Å²) < 4.78 is 5.76. The van der Waals surface area contributed by atoms with E-state index in [0.29, 0.717) is 12.1 Å². The van der Waals surface area contributed by atoms with Crippen LogP contribution >= 0.6 is 0 Å². The Balaban J connectivity index is 1.72. The maximum atomic E-state index is 5.97. The molecule has 15 heavy (non-hydrogen) atoms. The topological polar surface area (TPSA) is 47.3 Å². The van der Waals surface area contributed by atoms with Crippen LogP contribution in [0, 0.1) is 0 Å². The average molecular weight is 212 g/mol. The van der Waals surface area contributed by atoms with Crippen LogP contribution in [-0.4, -0.2) is 30.8 Å². The van der Waals surface area contributed by atoms with Gasteiger partial charge in [0.25, 0.3) is 0 Å². The van der Waals surface area contributed by atoms with Gasteiger partial charge in [0.05, 0.1) is 5.60 Å². The van der Waals surface area contributed by atoms with Crippen LogP contribution in [0.2, 0.25) is 0 Å². The van der Waals surface area contributed by atoms with Gasteiger partial charge in [0.2, 0.25) is 0 Å². The van der Waals surface area contributed by atoms with Crippen LogP contribution < -0.4 is 11.1 Å². The highest BCUT2D eigenvalue weighted by molar-refractivity contribution is 4.86. The van der Waals surface area contributed by atoms with Crippen molar-refractivity contribution in [3.8, 4) is 0 Å². The lowest BCUT2D eigenvalue weighted by molar-refractivity contribution is 0.0176. The largest absolute Gasteiger partial charge is 0.374 e. The number of nitrogens with two attached hydrogens (primary N) is 1. The number of ether oxygens (including phenoxy) is 1. The third kappa shape index (κ3) is 3.16. The quantitative estimate of drug-likeness (QED) is 0.743. The molecular weight excluding hydrogens is 188 g/mol. The van der Waals surface area contributed by atoms with Crippen LogP contribution in [0.3, 0.4) is 0 Å². The zero-order chi connectivity index (χ0) is 10.7. The van der Waals surface area contributed by atoms with E-state index >= 15 is 0 Å². The third-order valence-electron chi connectivity index (χ3n) is 3.78. The fourth-order valence-electron chi connectivity index (χ4n) is 2.75. The van der Waals surface area contributed by atoms with E-state index < -0.39 is 0 Å². The van der Waals surface area contributed by atoms with Crippen molar-refractivity contribution >= 4 is 0 Å². The molecule has 3 atom stereocenters. The highest BCUT2D eigenvalue weighted by Crippen LogP contribution is 2.25. The molecule has 3 unspecified atom stereocenters. The van der Waals surface area contributed by atoms with Crippen molar-refractivity contribution in [3.05, 3.63) is 0 Å². The zero-order valence-electron chi connectivity index (χ0n) is 9.80. The molecule has 1 aliphatic carbocycles. The van der Waals surface area contributed by atoms with E-state index in [1.54, 1.807) is 0 Å². The molecule has 3 heteroatoms. The highest BCUT2D eigenvalue weighted by atomic mass is 16.5. The molecule has 88 valence electrons. The molecule has 2 rings (SSSR count). The Labute approximate surface area is 92.7 Å². The van der Waals surface area contributed by atoms with Gasteiger partial charge in [-0.3, -0.25) is 0 Å². The van der Waals surface area contributed by atoms with Crippen LogP contribution in [0.1, 0.15) is 45.4 Å². The summed E-state index contributed by atoms with van der Waals surface area (Å²) in [4.78, 5) is 0. The van der Waals surface area contributed by atoms with Crippen LogP contribution in [0.15, 0.2) is 0 Å². The van der Waals surface area contributed by atoms with Crippen molar-refractivity contribution < 1.29 is 4.74 Å². The number of nitrogens with one attached hydrogen (secondary N) is 1. The van der Waals surface area contributed by atoms with Crippen molar-refractivity contribution in [1.82, 2.24) is 5.32 Å². The number of rotatable bonds is 3. The molecule has 0 bridgehead atoms. The van der Waals surface area contributed by atoms with Crippen molar-refractivity contribution in [2.45, 2.75) is 63.1 Å². The molecule has 2 fully saturated rings. The minimum Gasteiger partial charge on any atom is -0.374 e. The molecule has 1 saturated carbocycles. The van der Waals surface area contributed by atoms with Crippen LogP contribution in [0.25, 0.3) is 0 Å². The van der Waals surface area contributed by atoms with Gasteiger partial charge in [-0.25, -0.2) is 0 Å². The summed E-state index contributed by atoms with van der Waals surface area (Å²) in [6, 6.07) is 1.03. The maximum Gasteiger partial charge on any atom is 0.0779 e. The second-order valence-corrected chi connectivity index (χ2v) is 5.41. The first-order valence-electron chi connectivity index (χ1n) is 6.31. The van der Waals surface area contributed by atoms with Crippen LogP contribution in [0.5, 0.6) is 0 Å². The van der Waals surface area contributed by atoms with Gasteiger partial charge in [-0.2, -0.15) is 0 Å². The monoisotopic (exact) mass is 212 g/mol. The average Bonchev–Trinajstić information content (AvgIpc) is 2.63. The van der Waals surface area contributed by atoms with E-state index in [1.807, 2.05) is 0 Å².